The Morgan fingerprint density at radius 3 is 2.27 bits per heavy atom. The van der Waals surface area contributed by atoms with E-state index in [-0.39, 0.29) is 36.5 Å². The van der Waals surface area contributed by atoms with E-state index in [1.165, 1.54) is 0 Å². The van der Waals surface area contributed by atoms with E-state index < -0.39 is 84.3 Å². The fourth-order valence-electron chi connectivity index (χ4n) is 8.31. The number of aliphatic hydroxyl groups is 3. The molecule has 0 aromatic rings. The van der Waals surface area contributed by atoms with Crippen LogP contribution < -0.4 is 5.32 Å². The molecule has 2 bridgehead atoms. The summed E-state index contributed by atoms with van der Waals surface area (Å²) in [5.74, 6) is -2.09. The minimum atomic E-state index is -0.956. The summed E-state index contributed by atoms with van der Waals surface area (Å²) in [7, 11) is 3.35. The number of fused-ring (bicyclic) bond motifs is 2. The SMILES string of the molecule is CNC1CC(C)O[C@@H](O[C@@H]2[C@@H](C)[C@H](O[C@H]3CC(C)(OC)[C@@H](O)C(C)O3)[C@@H](C)C(=O)O[C@@H](C(C)O)[C@@H](C)C3O[C@]2(C)C[C@@H]3C)C1O. The van der Waals surface area contributed by atoms with Crippen LogP contribution in [0.15, 0.2) is 0 Å². The van der Waals surface area contributed by atoms with Crippen molar-refractivity contribution in [1.82, 2.24) is 5.32 Å². The number of esters is 1. The molecule has 4 fully saturated rings. The molecule has 0 aromatic heterocycles. The standard InChI is InChI=1S/C33H59NO11/c1-15-13-33(9)29(44-31-24(36)22(34-10)12-16(2)40-31)18(4)26(42-23-14-32(8,39-11)28(37)21(7)41-23)19(5)30(38)43-27(20(6)35)17(3)25(15)45-33/h15-29,31,34-37H,12-14H2,1-11H3/t15-,16?,17-,18-,19+,20?,21?,22?,23-,24?,25?,26-,27+,28-,29+,31-,32?,33+/m0/s1. The third-order valence-corrected chi connectivity index (χ3v) is 11.0. The Bertz CT molecular complexity index is 1000. The highest BCUT2D eigenvalue weighted by Gasteiger charge is 2.57. The lowest BCUT2D eigenvalue weighted by atomic mass is 9.77. The maximum absolute atomic E-state index is 13.9. The molecule has 4 N–H and O–H groups in total. The van der Waals surface area contributed by atoms with Gasteiger partial charge in [0.2, 0.25) is 0 Å². The summed E-state index contributed by atoms with van der Waals surface area (Å²) in [6.45, 7) is 16.9. The van der Waals surface area contributed by atoms with Crippen LogP contribution in [0.1, 0.15) is 81.6 Å². The number of hydrogen-bond acceptors (Lipinski definition) is 12. The van der Waals surface area contributed by atoms with Crippen molar-refractivity contribution in [2.24, 2.45) is 23.7 Å². The quantitative estimate of drug-likeness (QED) is 0.300. The van der Waals surface area contributed by atoms with Crippen LogP contribution in [0, 0.1) is 23.7 Å². The van der Waals surface area contributed by atoms with Gasteiger partial charge in [0.1, 0.15) is 18.3 Å². The number of nitrogens with one attached hydrogen (secondary N) is 1. The van der Waals surface area contributed by atoms with Gasteiger partial charge in [-0.25, -0.2) is 0 Å². The number of carbonyl (C=O) groups excluding carboxylic acids is 1. The molecule has 4 rings (SSSR count). The second-order valence-corrected chi connectivity index (χ2v) is 14.8. The zero-order valence-electron chi connectivity index (χ0n) is 29.0. The average Bonchev–Trinajstić information content (AvgIpc) is 3.29. The van der Waals surface area contributed by atoms with Crippen molar-refractivity contribution in [3.8, 4) is 0 Å². The smallest absolute Gasteiger partial charge is 0.311 e. The minimum Gasteiger partial charge on any atom is -0.459 e. The van der Waals surface area contributed by atoms with Crippen molar-refractivity contribution in [2.75, 3.05) is 14.2 Å². The number of hydrogen-bond donors (Lipinski definition) is 4. The molecule has 0 radical (unpaired) electrons. The van der Waals surface area contributed by atoms with Gasteiger partial charge in [0.05, 0.1) is 53.7 Å². The van der Waals surface area contributed by atoms with Crippen LogP contribution in [0.25, 0.3) is 0 Å². The van der Waals surface area contributed by atoms with Crippen molar-refractivity contribution in [2.45, 2.75) is 166 Å². The van der Waals surface area contributed by atoms with Crippen LogP contribution in [0.4, 0.5) is 0 Å². The number of ether oxygens (including phenoxy) is 7. The highest BCUT2D eigenvalue weighted by atomic mass is 16.7. The molecular weight excluding hydrogens is 586 g/mol. The number of likely N-dealkylation sites (N-methyl/N-ethyl adjacent to an activating group) is 1. The largest absolute Gasteiger partial charge is 0.459 e. The van der Waals surface area contributed by atoms with Gasteiger partial charge in [-0.2, -0.15) is 0 Å². The Morgan fingerprint density at radius 2 is 1.67 bits per heavy atom. The summed E-state index contributed by atoms with van der Waals surface area (Å²) in [5, 5.41) is 36.1. The number of methoxy groups -OCH3 is 1. The summed E-state index contributed by atoms with van der Waals surface area (Å²) < 4.78 is 44.5. The highest BCUT2D eigenvalue weighted by Crippen LogP contribution is 2.47. The predicted molar refractivity (Wildman–Crippen MR) is 164 cm³/mol. The molecule has 0 aliphatic carbocycles. The lowest BCUT2D eigenvalue weighted by molar-refractivity contribution is -0.316. The number of rotatable bonds is 7. The van der Waals surface area contributed by atoms with E-state index in [9.17, 15) is 20.1 Å². The molecule has 7 unspecified atom stereocenters. The van der Waals surface area contributed by atoms with E-state index in [0.29, 0.717) is 12.8 Å². The van der Waals surface area contributed by atoms with E-state index >= 15 is 0 Å². The average molecular weight is 646 g/mol. The maximum atomic E-state index is 13.9. The van der Waals surface area contributed by atoms with E-state index in [0.717, 1.165) is 0 Å². The third kappa shape index (κ3) is 7.40. The maximum Gasteiger partial charge on any atom is 0.311 e. The fourth-order valence-corrected chi connectivity index (χ4v) is 8.31. The second kappa shape index (κ2) is 14.3. The fraction of sp³-hybridized carbons (Fsp3) is 0.970. The molecular formula is C33H59NO11. The topological polar surface area (TPSA) is 154 Å². The van der Waals surface area contributed by atoms with Crippen LogP contribution in [0.3, 0.4) is 0 Å². The molecule has 4 heterocycles. The minimum absolute atomic E-state index is 0.0482. The van der Waals surface area contributed by atoms with Gasteiger partial charge in [0.25, 0.3) is 0 Å². The lowest BCUT2D eigenvalue weighted by Crippen LogP contribution is -2.60. The summed E-state index contributed by atoms with van der Waals surface area (Å²) in [4.78, 5) is 13.9. The zero-order chi connectivity index (χ0) is 33.6. The summed E-state index contributed by atoms with van der Waals surface area (Å²) in [5.41, 5.74) is -1.81. The third-order valence-electron chi connectivity index (χ3n) is 11.0. The van der Waals surface area contributed by atoms with Gasteiger partial charge in [-0.15, -0.1) is 0 Å². The van der Waals surface area contributed by atoms with E-state index in [1.54, 1.807) is 34.9 Å². The van der Waals surface area contributed by atoms with Gasteiger partial charge < -0.3 is 53.8 Å². The molecule has 4 saturated heterocycles. The van der Waals surface area contributed by atoms with Gasteiger partial charge in [0, 0.05) is 31.4 Å². The number of carbonyl (C=O) groups is 1. The van der Waals surface area contributed by atoms with Gasteiger partial charge in [-0.05, 0) is 67.3 Å². The van der Waals surface area contributed by atoms with Gasteiger partial charge in [-0.3, -0.25) is 4.79 Å². The van der Waals surface area contributed by atoms with E-state index in [1.807, 2.05) is 34.6 Å². The van der Waals surface area contributed by atoms with Crippen LogP contribution in [0.2, 0.25) is 0 Å². The predicted octanol–water partition coefficient (Wildman–Crippen LogP) is 2.14. The van der Waals surface area contributed by atoms with Crippen LogP contribution in [-0.2, 0) is 38.0 Å². The molecule has 18 atom stereocenters. The Morgan fingerprint density at radius 1 is 1.00 bits per heavy atom. The van der Waals surface area contributed by atoms with Crippen LogP contribution in [0.5, 0.6) is 0 Å². The van der Waals surface area contributed by atoms with Crippen LogP contribution in [-0.4, -0.2) is 120 Å². The van der Waals surface area contributed by atoms with Crippen molar-refractivity contribution < 1.29 is 53.3 Å². The summed E-state index contributed by atoms with van der Waals surface area (Å²) >= 11 is 0. The molecule has 0 spiro atoms. The summed E-state index contributed by atoms with van der Waals surface area (Å²) in [6.07, 6.45) is -6.46. The number of cyclic esters (lactones) is 1. The first-order valence-corrected chi connectivity index (χ1v) is 16.7. The van der Waals surface area contributed by atoms with Gasteiger partial charge >= 0.3 is 5.97 Å². The molecule has 4 aliphatic heterocycles. The monoisotopic (exact) mass is 645 g/mol. The van der Waals surface area contributed by atoms with Crippen molar-refractivity contribution in [3.05, 3.63) is 0 Å². The Kier molecular flexibility index (Phi) is 11.7. The first-order valence-electron chi connectivity index (χ1n) is 16.7. The molecule has 0 aromatic carbocycles. The second-order valence-electron chi connectivity index (χ2n) is 14.8. The molecule has 4 aliphatic rings. The number of aliphatic hydroxyl groups excluding tert-OH is 3. The highest BCUT2D eigenvalue weighted by molar-refractivity contribution is 5.73. The molecule has 0 amide bonds. The Labute approximate surface area is 268 Å². The van der Waals surface area contributed by atoms with Gasteiger partial charge in [-0.1, -0.05) is 20.8 Å². The zero-order valence-corrected chi connectivity index (χ0v) is 29.0. The van der Waals surface area contributed by atoms with Crippen LogP contribution >= 0.6 is 0 Å². The molecule has 12 nitrogen and oxygen atoms in total. The summed E-state index contributed by atoms with van der Waals surface area (Å²) in [6, 6.07) is -0.233. The Hall–Kier alpha value is -0.930. The van der Waals surface area contributed by atoms with Gasteiger partial charge in [0.15, 0.2) is 12.6 Å². The molecule has 45 heavy (non-hydrogen) atoms. The lowest BCUT2D eigenvalue weighted by Gasteiger charge is -2.48. The van der Waals surface area contributed by atoms with Crippen molar-refractivity contribution >= 4 is 5.97 Å². The van der Waals surface area contributed by atoms with Crippen molar-refractivity contribution in [3.63, 3.8) is 0 Å². The van der Waals surface area contributed by atoms with Crippen molar-refractivity contribution in [1.29, 1.82) is 0 Å². The van der Waals surface area contributed by atoms with E-state index in [2.05, 4.69) is 12.2 Å². The first kappa shape index (κ1) is 36.9. The first-order chi connectivity index (χ1) is 21.0. The molecule has 12 heteroatoms. The Balaban J connectivity index is 1.77. The molecule has 0 saturated carbocycles. The normalized spacial score (nSPS) is 52.1. The van der Waals surface area contributed by atoms with E-state index in [4.69, 9.17) is 33.2 Å². The molecule has 262 valence electrons.